The number of aliphatic hydroxyl groups excluding tert-OH is 1. The smallest absolute Gasteiger partial charge is 0.251 e. The summed E-state index contributed by atoms with van der Waals surface area (Å²) in [6.45, 7) is 1.97. The second kappa shape index (κ2) is 7.37. The molecule has 0 saturated heterocycles. The Morgan fingerprint density at radius 1 is 1.43 bits per heavy atom. The monoisotopic (exact) mass is 344 g/mol. The molecule has 1 aliphatic carbocycles. The first kappa shape index (κ1) is 17.8. The van der Waals surface area contributed by atoms with Gasteiger partial charge < -0.3 is 10.4 Å². The molecule has 3 N–H and O–H groups in total. The molecule has 1 unspecified atom stereocenters. The van der Waals surface area contributed by atoms with Crippen molar-refractivity contribution in [1.82, 2.24) is 10.0 Å². The highest BCUT2D eigenvalue weighted by Gasteiger charge is 2.30. The SMILES string of the molecule is CCCC(O)CNC(=O)c1ccc(F)c(S(=O)(=O)NC2CC2)c1. The highest BCUT2D eigenvalue weighted by Crippen LogP contribution is 2.24. The van der Waals surface area contributed by atoms with Crippen molar-refractivity contribution in [2.45, 2.75) is 49.6 Å². The summed E-state index contributed by atoms with van der Waals surface area (Å²) in [7, 11) is -3.98. The van der Waals surface area contributed by atoms with Gasteiger partial charge in [0.1, 0.15) is 10.7 Å². The summed E-state index contributed by atoms with van der Waals surface area (Å²) in [4.78, 5) is 11.5. The molecule has 2 rings (SSSR count). The second-order valence-corrected chi connectivity index (χ2v) is 7.38. The highest BCUT2D eigenvalue weighted by molar-refractivity contribution is 7.89. The summed E-state index contributed by atoms with van der Waals surface area (Å²) in [5.74, 6) is -1.45. The highest BCUT2D eigenvalue weighted by atomic mass is 32.2. The van der Waals surface area contributed by atoms with Gasteiger partial charge in [-0.2, -0.15) is 0 Å². The van der Waals surface area contributed by atoms with Crippen molar-refractivity contribution in [2.24, 2.45) is 0 Å². The maximum Gasteiger partial charge on any atom is 0.251 e. The van der Waals surface area contributed by atoms with E-state index in [4.69, 9.17) is 0 Å². The van der Waals surface area contributed by atoms with Crippen molar-refractivity contribution in [3.8, 4) is 0 Å². The number of amides is 1. The van der Waals surface area contributed by atoms with Gasteiger partial charge in [0.15, 0.2) is 0 Å². The number of carbonyl (C=O) groups excluding carboxylic acids is 1. The van der Waals surface area contributed by atoms with Crippen molar-refractivity contribution in [2.75, 3.05) is 6.54 Å². The molecular weight excluding hydrogens is 323 g/mol. The van der Waals surface area contributed by atoms with Gasteiger partial charge in [-0.05, 0) is 37.5 Å². The minimum atomic E-state index is -3.98. The van der Waals surface area contributed by atoms with E-state index in [1.807, 2.05) is 6.92 Å². The van der Waals surface area contributed by atoms with Crippen LogP contribution < -0.4 is 10.0 Å². The van der Waals surface area contributed by atoms with Crippen LogP contribution >= 0.6 is 0 Å². The number of nitrogens with one attached hydrogen (secondary N) is 2. The zero-order valence-corrected chi connectivity index (χ0v) is 13.7. The Balaban J connectivity index is 2.11. The van der Waals surface area contributed by atoms with Gasteiger partial charge >= 0.3 is 0 Å². The van der Waals surface area contributed by atoms with E-state index in [2.05, 4.69) is 10.0 Å². The van der Waals surface area contributed by atoms with Crippen LogP contribution in [0.25, 0.3) is 0 Å². The Morgan fingerprint density at radius 3 is 2.74 bits per heavy atom. The Morgan fingerprint density at radius 2 is 2.13 bits per heavy atom. The van der Waals surface area contributed by atoms with E-state index >= 15 is 0 Å². The molecule has 0 aromatic heterocycles. The number of sulfonamides is 1. The van der Waals surface area contributed by atoms with Crippen LogP contribution in [0.1, 0.15) is 43.0 Å². The summed E-state index contributed by atoms with van der Waals surface area (Å²) < 4.78 is 40.4. The molecule has 1 amide bonds. The Bertz CT molecular complexity index is 674. The summed E-state index contributed by atoms with van der Waals surface area (Å²) in [6, 6.07) is 3.04. The van der Waals surface area contributed by atoms with Crippen LogP contribution in [0.2, 0.25) is 0 Å². The minimum Gasteiger partial charge on any atom is -0.391 e. The normalized spacial score (nSPS) is 16.1. The van der Waals surface area contributed by atoms with Crippen LogP contribution in [0.4, 0.5) is 4.39 Å². The van der Waals surface area contributed by atoms with Crippen LogP contribution in [-0.4, -0.2) is 38.1 Å². The second-order valence-electron chi connectivity index (χ2n) is 5.69. The first-order valence-corrected chi connectivity index (χ1v) is 9.10. The molecule has 8 heteroatoms. The topological polar surface area (TPSA) is 95.5 Å². The van der Waals surface area contributed by atoms with Crippen molar-refractivity contribution >= 4 is 15.9 Å². The number of rotatable bonds is 8. The van der Waals surface area contributed by atoms with Crippen LogP contribution in [0.5, 0.6) is 0 Å². The molecule has 1 atom stereocenters. The van der Waals surface area contributed by atoms with E-state index in [0.717, 1.165) is 31.4 Å². The zero-order valence-electron chi connectivity index (χ0n) is 12.9. The molecule has 0 spiro atoms. The number of hydrogen-bond acceptors (Lipinski definition) is 4. The molecule has 0 radical (unpaired) electrons. The van der Waals surface area contributed by atoms with Gasteiger partial charge in [-0.3, -0.25) is 4.79 Å². The first-order valence-electron chi connectivity index (χ1n) is 7.61. The lowest BCUT2D eigenvalue weighted by molar-refractivity contribution is 0.0910. The van der Waals surface area contributed by atoms with Gasteiger partial charge in [-0.1, -0.05) is 13.3 Å². The lowest BCUT2D eigenvalue weighted by atomic mass is 10.2. The fraction of sp³-hybridized carbons (Fsp3) is 0.533. The molecule has 0 heterocycles. The predicted octanol–water partition coefficient (Wildman–Crippen LogP) is 1.16. The fourth-order valence-electron chi connectivity index (χ4n) is 2.08. The molecule has 128 valence electrons. The lowest BCUT2D eigenvalue weighted by Crippen LogP contribution is -2.32. The van der Waals surface area contributed by atoms with Gasteiger partial charge in [0.25, 0.3) is 5.91 Å². The molecule has 23 heavy (non-hydrogen) atoms. The van der Waals surface area contributed by atoms with Crippen molar-refractivity contribution < 1.29 is 22.7 Å². The van der Waals surface area contributed by atoms with E-state index < -0.39 is 32.7 Å². The average molecular weight is 344 g/mol. The summed E-state index contributed by atoms with van der Waals surface area (Å²) in [5.41, 5.74) is 0.0336. The summed E-state index contributed by atoms with van der Waals surface area (Å²) >= 11 is 0. The largest absolute Gasteiger partial charge is 0.391 e. The number of benzene rings is 1. The van der Waals surface area contributed by atoms with Gasteiger partial charge in [-0.15, -0.1) is 0 Å². The average Bonchev–Trinajstić information content (AvgIpc) is 3.28. The molecule has 0 bridgehead atoms. The third kappa shape index (κ3) is 4.98. The van der Waals surface area contributed by atoms with Gasteiger partial charge in [0, 0.05) is 18.2 Å². The Kier molecular flexibility index (Phi) is 5.72. The number of halogens is 1. The molecule has 1 fully saturated rings. The zero-order chi connectivity index (χ0) is 17.0. The lowest BCUT2D eigenvalue weighted by Gasteiger charge is -2.12. The standard InChI is InChI=1S/C15H21FN2O4S/c1-2-3-12(19)9-17-15(20)10-4-7-13(16)14(8-10)23(21,22)18-11-5-6-11/h4,7-8,11-12,18-19H,2-3,5-6,9H2,1H3,(H,17,20). The molecular formula is C15H21FN2O4S. The maximum atomic E-state index is 13.8. The minimum absolute atomic E-state index is 0.0336. The Labute approximate surface area is 135 Å². The van der Waals surface area contributed by atoms with Crippen molar-refractivity contribution in [3.63, 3.8) is 0 Å². The number of carbonyl (C=O) groups is 1. The quantitative estimate of drug-likeness (QED) is 0.659. The van der Waals surface area contributed by atoms with E-state index in [-0.39, 0.29) is 18.2 Å². The molecule has 0 aliphatic heterocycles. The van der Waals surface area contributed by atoms with Gasteiger partial charge in [0.2, 0.25) is 10.0 Å². The predicted molar refractivity (Wildman–Crippen MR) is 83.0 cm³/mol. The van der Waals surface area contributed by atoms with Crippen LogP contribution in [0.15, 0.2) is 23.1 Å². The third-order valence-corrected chi connectivity index (χ3v) is 5.04. The van der Waals surface area contributed by atoms with Crippen LogP contribution in [-0.2, 0) is 10.0 Å². The van der Waals surface area contributed by atoms with Crippen molar-refractivity contribution in [1.29, 1.82) is 0 Å². The molecule has 1 saturated carbocycles. The third-order valence-electron chi connectivity index (χ3n) is 3.50. The van der Waals surface area contributed by atoms with E-state index in [1.54, 1.807) is 0 Å². The van der Waals surface area contributed by atoms with E-state index in [1.165, 1.54) is 6.07 Å². The van der Waals surface area contributed by atoms with Gasteiger partial charge in [-0.25, -0.2) is 17.5 Å². The van der Waals surface area contributed by atoms with Crippen LogP contribution in [0.3, 0.4) is 0 Å². The number of hydrogen-bond donors (Lipinski definition) is 3. The Hall–Kier alpha value is -1.51. The first-order chi connectivity index (χ1) is 10.8. The van der Waals surface area contributed by atoms with Gasteiger partial charge in [0.05, 0.1) is 6.10 Å². The molecule has 1 aromatic carbocycles. The maximum absolute atomic E-state index is 13.8. The van der Waals surface area contributed by atoms with E-state index in [0.29, 0.717) is 6.42 Å². The summed E-state index contributed by atoms with van der Waals surface area (Å²) in [5, 5.41) is 12.1. The molecule has 1 aromatic rings. The van der Waals surface area contributed by atoms with E-state index in [9.17, 15) is 22.7 Å². The molecule has 1 aliphatic rings. The van der Waals surface area contributed by atoms with Crippen molar-refractivity contribution in [3.05, 3.63) is 29.6 Å². The van der Waals surface area contributed by atoms with Crippen LogP contribution in [0, 0.1) is 5.82 Å². The molecule has 6 nitrogen and oxygen atoms in total. The number of aliphatic hydroxyl groups is 1. The summed E-state index contributed by atoms with van der Waals surface area (Å²) in [6.07, 6.45) is 2.13. The fourth-order valence-corrected chi connectivity index (χ4v) is 3.49.